The third-order valence-electron chi connectivity index (χ3n) is 3.08. The van der Waals surface area contributed by atoms with Crippen LogP contribution in [0.5, 0.6) is 0 Å². The number of imidazole rings is 1. The fraction of sp³-hybridized carbons (Fsp3) is 0.267. The molecule has 1 aromatic heterocycles. The van der Waals surface area contributed by atoms with E-state index in [4.69, 9.17) is 5.11 Å². The van der Waals surface area contributed by atoms with E-state index in [1.165, 1.54) is 0 Å². The number of nitrogens with one attached hydrogen (secondary N) is 1. The van der Waals surface area contributed by atoms with Crippen molar-refractivity contribution in [2.45, 2.75) is 25.8 Å². The summed E-state index contributed by atoms with van der Waals surface area (Å²) in [6, 6.07) is 6.87. The lowest BCUT2D eigenvalue weighted by Gasteiger charge is -2.13. The van der Waals surface area contributed by atoms with E-state index in [1.807, 2.05) is 17.7 Å². The Bertz CT molecular complexity index is 623. The Morgan fingerprint density at radius 2 is 2.24 bits per heavy atom. The van der Waals surface area contributed by atoms with E-state index in [9.17, 15) is 9.59 Å². The number of amides is 1. The molecule has 1 atom stereocenters. The van der Waals surface area contributed by atoms with Crippen LogP contribution in [0.2, 0.25) is 0 Å². The van der Waals surface area contributed by atoms with Gasteiger partial charge in [0, 0.05) is 30.5 Å². The van der Waals surface area contributed by atoms with Crippen LogP contribution in [0.3, 0.4) is 0 Å². The number of carboxylic acid groups (broad SMARTS) is 1. The van der Waals surface area contributed by atoms with Crippen LogP contribution in [-0.2, 0) is 16.0 Å². The van der Waals surface area contributed by atoms with Gasteiger partial charge in [-0.3, -0.25) is 9.59 Å². The molecule has 1 unspecified atom stereocenters. The average molecular weight is 287 g/mol. The number of aromatic nitrogens is 2. The fourth-order valence-electron chi connectivity index (χ4n) is 2.05. The van der Waals surface area contributed by atoms with Gasteiger partial charge in [-0.25, -0.2) is 4.98 Å². The van der Waals surface area contributed by atoms with E-state index >= 15 is 0 Å². The largest absolute Gasteiger partial charge is 0.481 e. The third kappa shape index (κ3) is 4.45. The third-order valence-corrected chi connectivity index (χ3v) is 3.08. The highest BCUT2D eigenvalue weighted by Crippen LogP contribution is 2.14. The minimum Gasteiger partial charge on any atom is -0.481 e. The van der Waals surface area contributed by atoms with Gasteiger partial charge in [0.05, 0.1) is 12.7 Å². The molecule has 0 bridgehead atoms. The highest BCUT2D eigenvalue weighted by Gasteiger charge is 2.11. The highest BCUT2D eigenvalue weighted by molar-refractivity contribution is 5.91. The first-order chi connectivity index (χ1) is 10.0. The van der Waals surface area contributed by atoms with Crippen LogP contribution >= 0.6 is 0 Å². The molecule has 0 aliphatic heterocycles. The molecule has 6 nitrogen and oxygen atoms in total. The second kappa shape index (κ2) is 6.69. The van der Waals surface area contributed by atoms with Gasteiger partial charge in [-0.05, 0) is 24.6 Å². The lowest BCUT2D eigenvalue weighted by atomic mass is 10.1. The van der Waals surface area contributed by atoms with E-state index in [-0.39, 0.29) is 18.4 Å². The maximum absolute atomic E-state index is 12.0. The van der Waals surface area contributed by atoms with Crippen LogP contribution in [-0.4, -0.2) is 26.5 Å². The van der Waals surface area contributed by atoms with Gasteiger partial charge in [0.2, 0.25) is 5.91 Å². The number of anilines is 1. The van der Waals surface area contributed by atoms with Crippen molar-refractivity contribution in [3.05, 3.63) is 48.5 Å². The van der Waals surface area contributed by atoms with Gasteiger partial charge in [0.15, 0.2) is 0 Å². The van der Waals surface area contributed by atoms with E-state index in [0.29, 0.717) is 17.7 Å². The molecule has 110 valence electrons. The summed E-state index contributed by atoms with van der Waals surface area (Å²) in [5.74, 6) is -1.02. The average Bonchev–Trinajstić information content (AvgIpc) is 2.91. The first kappa shape index (κ1) is 14.8. The number of carbonyl (C=O) groups is 2. The molecule has 0 spiro atoms. The van der Waals surface area contributed by atoms with Gasteiger partial charge in [-0.1, -0.05) is 12.1 Å². The van der Waals surface area contributed by atoms with Gasteiger partial charge < -0.3 is 15.0 Å². The summed E-state index contributed by atoms with van der Waals surface area (Å²) in [7, 11) is 0. The standard InChI is InChI=1S/C15H17N3O3/c1-11(18-6-5-16-10-18)7-14(19)17-13-4-2-3-12(8-13)9-15(20)21/h2-6,8,10-11H,7,9H2,1H3,(H,17,19)(H,20,21). The second-order valence-corrected chi connectivity index (χ2v) is 4.88. The Kier molecular flexibility index (Phi) is 4.71. The van der Waals surface area contributed by atoms with Crippen molar-refractivity contribution < 1.29 is 14.7 Å². The summed E-state index contributed by atoms with van der Waals surface area (Å²) < 4.78 is 1.86. The fourth-order valence-corrected chi connectivity index (χ4v) is 2.05. The smallest absolute Gasteiger partial charge is 0.307 e. The molecule has 0 fully saturated rings. The summed E-state index contributed by atoms with van der Waals surface area (Å²) in [5.41, 5.74) is 1.26. The van der Waals surface area contributed by atoms with Crippen molar-refractivity contribution in [3.63, 3.8) is 0 Å². The second-order valence-electron chi connectivity index (χ2n) is 4.88. The zero-order valence-corrected chi connectivity index (χ0v) is 11.7. The maximum atomic E-state index is 12.0. The van der Waals surface area contributed by atoms with Crippen molar-refractivity contribution in [2.24, 2.45) is 0 Å². The van der Waals surface area contributed by atoms with Gasteiger partial charge in [0.1, 0.15) is 0 Å². The SMILES string of the molecule is CC(CC(=O)Nc1cccc(CC(=O)O)c1)n1ccnc1. The predicted octanol–water partition coefficient (Wildman–Crippen LogP) is 2.10. The minimum absolute atomic E-state index is 0.00898. The topological polar surface area (TPSA) is 84.2 Å². The Hall–Kier alpha value is -2.63. The molecule has 6 heteroatoms. The number of benzene rings is 1. The van der Waals surface area contributed by atoms with Crippen molar-refractivity contribution in [1.82, 2.24) is 9.55 Å². The van der Waals surface area contributed by atoms with Crippen LogP contribution in [0.25, 0.3) is 0 Å². The van der Waals surface area contributed by atoms with Crippen molar-refractivity contribution in [3.8, 4) is 0 Å². The van der Waals surface area contributed by atoms with Crippen LogP contribution < -0.4 is 5.32 Å². The van der Waals surface area contributed by atoms with Crippen molar-refractivity contribution >= 4 is 17.6 Å². The molecule has 2 aromatic rings. The Morgan fingerprint density at radius 1 is 1.43 bits per heavy atom. The van der Waals surface area contributed by atoms with E-state index < -0.39 is 5.97 Å². The molecule has 1 heterocycles. The molecule has 2 rings (SSSR count). The Balaban J connectivity index is 1.94. The monoisotopic (exact) mass is 287 g/mol. The maximum Gasteiger partial charge on any atom is 0.307 e. The Morgan fingerprint density at radius 3 is 2.90 bits per heavy atom. The van der Waals surface area contributed by atoms with Crippen molar-refractivity contribution in [2.75, 3.05) is 5.32 Å². The predicted molar refractivity (Wildman–Crippen MR) is 78.0 cm³/mol. The molecule has 0 aliphatic rings. The molecule has 0 aliphatic carbocycles. The summed E-state index contributed by atoms with van der Waals surface area (Å²) >= 11 is 0. The lowest BCUT2D eigenvalue weighted by molar-refractivity contribution is -0.136. The van der Waals surface area contributed by atoms with Gasteiger partial charge in [0.25, 0.3) is 0 Å². The molecule has 0 saturated heterocycles. The summed E-state index contributed by atoms with van der Waals surface area (Å²) in [4.78, 5) is 26.6. The first-order valence-electron chi connectivity index (χ1n) is 6.62. The first-order valence-corrected chi connectivity index (χ1v) is 6.62. The molecular formula is C15H17N3O3. The number of nitrogens with zero attached hydrogens (tertiary/aromatic N) is 2. The lowest BCUT2D eigenvalue weighted by Crippen LogP contribution is -2.17. The molecule has 0 saturated carbocycles. The molecule has 0 radical (unpaired) electrons. The number of carbonyl (C=O) groups excluding carboxylic acids is 1. The van der Waals surface area contributed by atoms with Crippen LogP contribution in [0.15, 0.2) is 43.0 Å². The molecule has 21 heavy (non-hydrogen) atoms. The van der Waals surface area contributed by atoms with Crippen LogP contribution in [0.4, 0.5) is 5.69 Å². The van der Waals surface area contributed by atoms with E-state index in [1.54, 1.807) is 36.8 Å². The summed E-state index contributed by atoms with van der Waals surface area (Å²) in [6.07, 6.45) is 5.41. The van der Waals surface area contributed by atoms with Gasteiger partial charge in [-0.2, -0.15) is 0 Å². The molecule has 1 aromatic carbocycles. The van der Waals surface area contributed by atoms with E-state index in [0.717, 1.165) is 0 Å². The molecule has 2 N–H and O–H groups in total. The number of aliphatic carboxylic acids is 1. The van der Waals surface area contributed by atoms with E-state index in [2.05, 4.69) is 10.3 Å². The van der Waals surface area contributed by atoms with Gasteiger partial charge in [-0.15, -0.1) is 0 Å². The zero-order valence-electron chi connectivity index (χ0n) is 11.7. The quantitative estimate of drug-likeness (QED) is 0.852. The number of rotatable bonds is 6. The van der Waals surface area contributed by atoms with Crippen molar-refractivity contribution in [1.29, 1.82) is 0 Å². The number of carboxylic acids is 1. The zero-order chi connectivity index (χ0) is 15.2. The minimum atomic E-state index is -0.896. The normalized spacial score (nSPS) is 11.9. The number of hydrogen-bond donors (Lipinski definition) is 2. The summed E-state index contributed by atoms with van der Waals surface area (Å²) in [6.45, 7) is 1.93. The van der Waals surface area contributed by atoms with Gasteiger partial charge >= 0.3 is 5.97 Å². The highest BCUT2D eigenvalue weighted by atomic mass is 16.4. The van der Waals surface area contributed by atoms with Crippen LogP contribution in [0.1, 0.15) is 24.9 Å². The Labute approximate surface area is 122 Å². The molecular weight excluding hydrogens is 270 g/mol. The summed E-state index contributed by atoms with van der Waals surface area (Å²) in [5, 5.41) is 11.6. The molecule has 1 amide bonds. The number of hydrogen-bond acceptors (Lipinski definition) is 3. The van der Waals surface area contributed by atoms with Crippen LogP contribution in [0, 0.1) is 0 Å².